The third kappa shape index (κ3) is 3.88. The van der Waals surface area contributed by atoms with Crippen LogP contribution in [0.25, 0.3) is 0 Å². The normalized spacial score (nSPS) is 16.8. The minimum atomic E-state index is -0.415. The number of likely N-dealkylation sites (tertiary alicyclic amines) is 1. The molecular formula is C15H19N5O. The Morgan fingerprint density at radius 2 is 2.00 bits per heavy atom. The molecule has 2 aromatic rings. The summed E-state index contributed by atoms with van der Waals surface area (Å²) in [7, 11) is 0. The Balaban J connectivity index is 1.50. The van der Waals surface area contributed by atoms with Gasteiger partial charge in [-0.3, -0.25) is 4.90 Å². The van der Waals surface area contributed by atoms with Crippen LogP contribution in [-0.4, -0.2) is 39.2 Å². The van der Waals surface area contributed by atoms with E-state index in [9.17, 15) is 4.79 Å². The molecule has 2 heterocycles. The number of aromatic amines is 1. The molecule has 0 spiro atoms. The lowest BCUT2D eigenvalue weighted by Gasteiger charge is -2.32. The quantitative estimate of drug-likeness (QED) is 0.884. The number of anilines is 1. The zero-order valence-corrected chi connectivity index (χ0v) is 11.8. The summed E-state index contributed by atoms with van der Waals surface area (Å²) in [6.07, 6.45) is 3.64. The molecule has 0 atom stereocenters. The van der Waals surface area contributed by atoms with E-state index in [2.05, 4.69) is 49.7 Å². The molecule has 0 unspecified atom stereocenters. The minimum Gasteiger partial charge on any atom is -0.366 e. The highest BCUT2D eigenvalue weighted by Gasteiger charge is 2.19. The van der Waals surface area contributed by atoms with Gasteiger partial charge in [-0.2, -0.15) is 10.1 Å². The monoisotopic (exact) mass is 285 g/mol. The lowest BCUT2D eigenvalue weighted by Crippen LogP contribution is -2.39. The molecule has 110 valence electrons. The van der Waals surface area contributed by atoms with Gasteiger partial charge in [-0.15, -0.1) is 0 Å². The Labute approximate surface area is 123 Å². The molecule has 0 amide bonds. The second-order valence-corrected chi connectivity index (χ2v) is 5.35. The maximum atomic E-state index is 11.1. The second kappa shape index (κ2) is 6.49. The lowest BCUT2D eigenvalue weighted by molar-refractivity contribution is 0.211. The predicted molar refractivity (Wildman–Crippen MR) is 81.0 cm³/mol. The number of piperidine rings is 1. The van der Waals surface area contributed by atoms with Crippen LogP contribution in [0.4, 0.5) is 5.82 Å². The fourth-order valence-corrected chi connectivity index (χ4v) is 2.67. The fourth-order valence-electron chi connectivity index (χ4n) is 2.67. The molecule has 0 bridgehead atoms. The highest BCUT2D eigenvalue weighted by molar-refractivity contribution is 5.30. The van der Waals surface area contributed by atoms with Gasteiger partial charge in [0.05, 0.1) is 6.20 Å². The van der Waals surface area contributed by atoms with E-state index >= 15 is 0 Å². The van der Waals surface area contributed by atoms with E-state index in [1.165, 1.54) is 5.56 Å². The van der Waals surface area contributed by atoms with E-state index in [0.29, 0.717) is 11.9 Å². The molecule has 6 nitrogen and oxygen atoms in total. The number of hydrogen-bond donors (Lipinski definition) is 2. The third-order valence-corrected chi connectivity index (χ3v) is 3.76. The standard InChI is InChI=1S/C15H19N5O/c21-15-18-14(10-16-19-15)17-13-6-8-20(9-7-13)11-12-4-2-1-3-5-12/h1-5,10,13H,6-9,11H2,(H2,17,18,19,21). The van der Waals surface area contributed by atoms with Crippen LogP contribution in [0.3, 0.4) is 0 Å². The molecule has 1 aromatic carbocycles. The molecule has 3 rings (SSSR count). The maximum absolute atomic E-state index is 11.1. The van der Waals surface area contributed by atoms with Gasteiger partial charge in [0.1, 0.15) is 0 Å². The summed E-state index contributed by atoms with van der Waals surface area (Å²) in [5.74, 6) is 0.556. The first-order valence-corrected chi connectivity index (χ1v) is 7.24. The van der Waals surface area contributed by atoms with Gasteiger partial charge >= 0.3 is 5.69 Å². The van der Waals surface area contributed by atoms with Gasteiger partial charge in [-0.25, -0.2) is 9.89 Å². The first-order chi connectivity index (χ1) is 10.3. The van der Waals surface area contributed by atoms with E-state index in [1.807, 2.05) is 6.07 Å². The maximum Gasteiger partial charge on any atom is 0.363 e. The number of rotatable bonds is 4. The van der Waals surface area contributed by atoms with Gasteiger partial charge in [0, 0.05) is 25.7 Å². The van der Waals surface area contributed by atoms with Crippen molar-refractivity contribution in [2.45, 2.75) is 25.4 Å². The van der Waals surface area contributed by atoms with Crippen molar-refractivity contribution in [1.82, 2.24) is 20.1 Å². The van der Waals surface area contributed by atoms with E-state index in [-0.39, 0.29) is 0 Å². The Morgan fingerprint density at radius 1 is 1.24 bits per heavy atom. The van der Waals surface area contributed by atoms with Gasteiger partial charge in [0.15, 0.2) is 5.82 Å². The van der Waals surface area contributed by atoms with E-state index in [4.69, 9.17) is 0 Å². The number of nitrogens with one attached hydrogen (secondary N) is 2. The fraction of sp³-hybridized carbons (Fsp3) is 0.400. The van der Waals surface area contributed by atoms with Gasteiger partial charge < -0.3 is 5.32 Å². The number of benzene rings is 1. The van der Waals surface area contributed by atoms with Gasteiger partial charge in [0.2, 0.25) is 0 Å². The molecule has 0 radical (unpaired) electrons. The summed E-state index contributed by atoms with van der Waals surface area (Å²) in [4.78, 5) is 17.4. The van der Waals surface area contributed by atoms with Gasteiger partial charge in [-0.05, 0) is 18.4 Å². The molecule has 6 heteroatoms. The second-order valence-electron chi connectivity index (χ2n) is 5.35. The Bertz CT molecular complexity index is 619. The van der Waals surface area contributed by atoms with E-state index in [1.54, 1.807) is 6.20 Å². The van der Waals surface area contributed by atoms with Crippen molar-refractivity contribution in [2.24, 2.45) is 0 Å². The van der Waals surface area contributed by atoms with Crippen molar-refractivity contribution >= 4 is 5.82 Å². The lowest BCUT2D eigenvalue weighted by atomic mass is 10.0. The van der Waals surface area contributed by atoms with E-state index in [0.717, 1.165) is 32.5 Å². The van der Waals surface area contributed by atoms with Crippen LogP contribution < -0.4 is 11.0 Å². The van der Waals surface area contributed by atoms with Crippen LogP contribution >= 0.6 is 0 Å². The molecule has 21 heavy (non-hydrogen) atoms. The molecule has 0 saturated carbocycles. The number of aromatic nitrogens is 3. The average Bonchev–Trinajstić information content (AvgIpc) is 2.50. The Morgan fingerprint density at radius 3 is 2.71 bits per heavy atom. The minimum absolute atomic E-state index is 0.355. The van der Waals surface area contributed by atoms with Crippen LogP contribution in [-0.2, 0) is 6.54 Å². The smallest absolute Gasteiger partial charge is 0.363 e. The topological polar surface area (TPSA) is 73.9 Å². The van der Waals surface area contributed by atoms with Crippen LogP contribution in [0, 0.1) is 0 Å². The molecule has 1 aromatic heterocycles. The summed E-state index contributed by atoms with van der Waals surface area (Å²) in [6, 6.07) is 10.9. The average molecular weight is 285 g/mol. The first kappa shape index (κ1) is 13.8. The van der Waals surface area contributed by atoms with Crippen molar-refractivity contribution in [3.63, 3.8) is 0 Å². The van der Waals surface area contributed by atoms with Crippen LogP contribution in [0.15, 0.2) is 41.3 Å². The molecule has 1 fully saturated rings. The molecule has 1 aliphatic rings. The third-order valence-electron chi connectivity index (χ3n) is 3.76. The van der Waals surface area contributed by atoms with Crippen LogP contribution in [0.5, 0.6) is 0 Å². The SMILES string of the molecule is O=c1nc(NC2CCN(Cc3ccccc3)CC2)cn[nH]1. The number of H-pyrrole nitrogens is 1. The summed E-state index contributed by atoms with van der Waals surface area (Å²) >= 11 is 0. The zero-order valence-electron chi connectivity index (χ0n) is 11.8. The molecule has 1 saturated heterocycles. The highest BCUT2D eigenvalue weighted by atomic mass is 16.1. The van der Waals surface area contributed by atoms with Crippen LogP contribution in [0.1, 0.15) is 18.4 Å². The molecule has 2 N–H and O–H groups in total. The molecule has 0 aliphatic carbocycles. The summed E-state index contributed by atoms with van der Waals surface area (Å²) in [5, 5.41) is 9.31. The van der Waals surface area contributed by atoms with Crippen molar-refractivity contribution in [3.8, 4) is 0 Å². The van der Waals surface area contributed by atoms with Crippen molar-refractivity contribution < 1.29 is 0 Å². The van der Waals surface area contributed by atoms with Crippen molar-refractivity contribution in [2.75, 3.05) is 18.4 Å². The largest absolute Gasteiger partial charge is 0.366 e. The highest BCUT2D eigenvalue weighted by Crippen LogP contribution is 2.16. The van der Waals surface area contributed by atoms with Crippen molar-refractivity contribution in [1.29, 1.82) is 0 Å². The Hall–Kier alpha value is -2.21. The van der Waals surface area contributed by atoms with Gasteiger partial charge in [0.25, 0.3) is 0 Å². The molecular weight excluding hydrogens is 266 g/mol. The Kier molecular flexibility index (Phi) is 4.25. The zero-order chi connectivity index (χ0) is 14.5. The predicted octanol–water partition coefficient (Wildman–Crippen LogP) is 1.24. The number of nitrogens with zero attached hydrogens (tertiary/aromatic N) is 3. The summed E-state index contributed by atoms with van der Waals surface area (Å²) in [6.45, 7) is 3.09. The number of hydrogen-bond acceptors (Lipinski definition) is 5. The summed E-state index contributed by atoms with van der Waals surface area (Å²) in [5.41, 5.74) is 0.936. The van der Waals surface area contributed by atoms with Gasteiger partial charge in [-0.1, -0.05) is 30.3 Å². The molecule has 1 aliphatic heterocycles. The van der Waals surface area contributed by atoms with Crippen LogP contribution in [0.2, 0.25) is 0 Å². The summed E-state index contributed by atoms with van der Waals surface area (Å²) < 4.78 is 0. The first-order valence-electron chi connectivity index (χ1n) is 7.24. The van der Waals surface area contributed by atoms with Crippen molar-refractivity contribution in [3.05, 3.63) is 52.6 Å². The van der Waals surface area contributed by atoms with E-state index < -0.39 is 5.69 Å².